The number of aryl methyl sites for hydroxylation is 1. The van der Waals surface area contributed by atoms with Gasteiger partial charge in [-0.3, -0.25) is 4.79 Å². The summed E-state index contributed by atoms with van der Waals surface area (Å²) < 4.78 is 10.8. The van der Waals surface area contributed by atoms with Crippen LogP contribution in [-0.4, -0.2) is 5.97 Å². The number of fused-ring (bicyclic) bond motifs is 1. The average Bonchev–Trinajstić information content (AvgIpc) is 3.05. The van der Waals surface area contributed by atoms with Gasteiger partial charge in [-0.2, -0.15) is 0 Å². The molecule has 1 saturated carbocycles. The Kier molecular flexibility index (Phi) is 4.74. The highest BCUT2D eigenvalue weighted by Crippen LogP contribution is 2.29. The van der Waals surface area contributed by atoms with E-state index in [4.69, 9.17) is 9.15 Å². The Morgan fingerprint density at radius 3 is 2.62 bits per heavy atom. The summed E-state index contributed by atoms with van der Waals surface area (Å²) in [7, 11) is 0. The minimum absolute atomic E-state index is 0.0184. The molecule has 4 heteroatoms. The lowest BCUT2D eigenvalue weighted by Gasteiger charge is -2.14. The van der Waals surface area contributed by atoms with Gasteiger partial charge in [0.2, 0.25) is 0 Å². The number of hydrogen-bond acceptors (Lipinski definition) is 4. The first kappa shape index (κ1) is 16.7. The highest BCUT2D eigenvalue weighted by atomic mass is 16.5. The van der Waals surface area contributed by atoms with E-state index in [0.717, 1.165) is 42.2 Å². The van der Waals surface area contributed by atoms with Gasteiger partial charge in [-0.05, 0) is 48.9 Å². The molecular weight excluding hydrogens is 304 g/mol. The van der Waals surface area contributed by atoms with E-state index in [9.17, 15) is 9.59 Å². The Morgan fingerprint density at radius 1 is 1.25 bits per heavy atom. The van der Waals surface area contributed by atoms with Gasteiger partial charge in [0.15, 0.2) is 0 Å². The van der Waals surface area contributed by atoms with Crippen LogP contribution in [0.25, 0.3) is 11.0 Å². The molecule has 1 aliphatic carbocycles. The first-order valence-corrected chi connectivity index (χ1v) is 8.69. The number of carbonyl (C=O) groups excluding carboxylic acids is 1. The second-order valence-electron chi connectivity index (χ2n) is 7.04. The van der Waals surface area contributed by atoms with Gasteiger partial charge >= 0.3 is 11.6 Å². The van der Waals surface area contributed by atoms with Crippen LogP contribution in [0.4, 0.5) is 0 Å². The molecule has 0 radical (unpaired) electrons. The molecule has 0 saturated heterocycles. The van der Waals surface area contributed by atoms with Crippen LogP contribution in [0, 0.1) is 12.8 Å². The minimum Gasteiger partial charge on any atom is -0.461 e. The maximum atomic E-state index is 12.1. The Balaban J connectivity index is 1.92. The van der Waals surface area contributed by atoms with Crippen molar-refractivity contribution in [1.29, 1.82) is 0 Å². The van der Waals surface area contributed by atoms with E-state index in [1.807, 2.05) is 13.0 Å². The summed E-state index contributed by atoms with van der Waals surface area (Å²) in [5.41, 5.74) is 3.16. The summed E-state index contributed by atoms with van der Waals surface area (Å²) in [5.74, 6) is 0.241. The van der Waals surface area contributed by atoms with Crippen LogP contribution in [0.2, 0.25) is 0 Å². The summed E-state index contributed by atoms with van der Waals surface area (Å²) in [6.45, 7) is 6.40. The highest BCUT2D eigenvalue weighted by molar-refractivity contribution is 5.82. The molecule has 24 heavy (non-hydrogen) atoms. The predicted octanol–water partition coefficient (Wildman–Crippen LogP) is 4.46. The Morgan fingerprint density at radius 2 is 1.96 bits per heavy atom. The van der Waals surface area contributed by atoms with Gasteiger partial charge in [0.1, 0.15) is 12.2 Å². The van der Waals surface area contributed by atoms with Gasteiger partial charge in [-0.1, -0.05) is 26.7 Å². The Labute approximate surface area is 141 Å². The van der Waals surface area contributed by atoms with E-state index < -0.39 is 5.63 Å². The molecule has 0 bridgehead atoms. The van der Waals surface area contributed by atoms with Crippen molar-refractivity contribution in [1.82, 2.24) is 0 Å². The molecule has 128 valence electrons. The summed E-state index contributed by atoms with van der Waals surface area (Å²) in [6, 6.07) is 5.38. The van der Waals surface area contributed by atoms with Crippen molar-refractivity contribution in [2.45, 2.75) is 59.0 Å². The summed E-state index contributed by atoms with van der Waals surface area (Å²) in [6.07, 6.45) is 4.00. The fraction of sp³-hybridized carbons (Fsp3) is 0.500. The van der Waals surface area contributed by atoms with Gasteiger partial charge in [0, 0.05) is 17.0 Å². The molecule has 0 amide bonds. The van der Waals surface area contributed by atoms with Gasteiger partial charge in [0.05, 0.1) is 5.92 Å². The lowest BCUT2D eigenvalue weighted by Crippen LogP contribution is -2.15. The highest BCUT2D eigenvalue weighted by Gasteiger charge is 2.24. The Bertz CT molecular complexity index is 810. The lowest BCUT2D eigenvalue weighted by atomic mass is 9.95. The maximum Gasteiger partial charge on any atom is 0.336 e. The van der Waals surface area contributed by atoms with Crippen molar-refractivity contribution in [2.24, 2.45) is 5.92 Å². The van der Waals surface area contributed by atoms with Crippen LogP contribution in [-0.2, 0) is 16.1 Å². The molecule has 3 rings (SSSR count). The van der Waals surface area contributed by atoms with E-state index in [2.05, 4.69) is 19.9 Å². The Hall–Kier alpha value is -2.10. The number of ether oxygens (including phenoxy) is 1. The van der Waals surface area contributed by atoms with E-state index >= 15 is 0 Å². The standard InChI is InChI=1S/C20H24O4/c1-12(2)16-10-17-15(9-19(21)24-18(17)8-13(16)3)11-23-20(22)14-6-4-5-7-14/h8-10,12,14H,4-7,11H2,1-3H3. The zero-order valence-corrected chi connectivity index (χ0v) is 14.6. The molecule has 0 atom stereocenters. The van der Waals surface area contributed by atoms with Gasteiger partial charge in [0.25, 0.3) is 0 Å². The molecule has 2 aromatic rings. The van der Waals surface area contributed by atoms with E-state index in [-0.39, 0.29) is 18.5 Å². The summed E-state index contributed by atoms with van der Waals surface area (Å²) in [4.78, 5) is 24.0. The van der Waals surface area contributed by atoms with E-state index in [0.29, 0.717) is 11.5 Å². The topological polar surface area (TPSA) is 56.5 Å². The normalized spacial score (nSPS) is 15.3. The molecule has 0 N–H and O–H groups in total. The van der Waals surface area contributed by atoms with Gasteiger partial charge in [-0.25, -0.2) is 4.79 Å². The molecular formula is C20H24O4. The van der Waals surface area contributed by atoms with Crippen molar-refractivity contribution in [3.05, 3.63) is 45.3 Å². The molecule has 1 aromatic heterocycles. The largest absolute Gasteiger partial charge is 0.461 e. The predicted molar refractivity (Wildman–Crippen MR) is 93.1 cm³/mol. The molecule has 0 spiro atoms. The third kappa shape index (κ3) is 3.37. The van der Waals surface area contributed by atoms with Crippen molar-refractivity contribution >= 4 is 16.9 Å². The average molecular weight is 328 g/mol. The van der Waals surface area contributed by atoms with Crippen LogP contribution in [0.5, 0.6) is 0 Å². The third-order valence-electron chi connectivity index (χ3n) is 4.90. The first-order chi connectivity index (χ1) is 11.5. The quantitative estimate of drug-likeness (QED) is 0.614. The fourth-order valence-electron chi connectivity index (χ4n) is 3.56. The number of hydrogen-bond donors (Lipinski definition) is 0. The van der Waals surface area contributed by atoms with Crippen molar-refractivity contribution in [2.75, 3.05) is 0 Å². The molecule has 1 aliphatic rings. The summed E-state index contributed by atoms with van der Waals surface area (Å²) in [5, 5.41) is 0.850. The van der Waals surface area contributed by atoms with Crippen molar-refractivity contribution in [3.8, 4) is 0 Å². The third-order valence-corrected chi connectivity index (χ3v) is 4.90. The zero-order valence-electron chi connectivity index (χ0n) is 14.6. The molecule has 4 nitrogen and oxygen atoms in total. The monoisotopic (exact) mass is 328 g/mol. The van der Waals surface area contributed by atoms with Crippen LogP contribution in [0.15, 0.2) is 27.4 Å². The molecule has 0 aliphatic heterocycles. The number of carbonyl (C=O) groups is 1. The van der Waals surface area contributed by atoms with Crippen LogP contribution >= 0.6 is 0 Å². The van der Waals surface area contributed by atoms with Crippen LogP contribution in [0.3, 0.4) is 0 Å². The lowest BCUT2D eigenvalue weighted by molar-refractivity contribution is -0.149. The van der Waals surface area contributed by atoms with Crippen molar-refractivity contribution < 1.29 is 13.9 Å². The smallest absolute Gasteiger partial charge is 0.336 e. The maximum absolute atomic E-state index is 12.1. The van der Waals surface area contributed by atoms with E-state index in [1.165, 1.54) is 11.6 Å². The van der Waals surface area contributed by atoms with Gasteiger partial charge < -0.3 is 9.15 Å². The van der Waals surface area contributed by atoms with Crippen LogP contribution < -0.4 is 5.63 Å². The number of benzene rings is 1. The second-order valence-corrected chi connectivity index (χ2v) is 7.04. The molecule has 1 fully saturated rings. The molecule has 1 aromatic carbocycles. The van der Waals surface area contributed by atoms with E-state index in [1.54, 1.807) is 0 Å². The van der Waals surface area contributed by atoms with Gasteiger partial charge in [-0.15, -0.1) is 0 Å². The SMILES string of the molecule is Cc1cc2oc(=O)cc(COC(=O)C3CCCC3)c2cc1C(C)C. The zero-order chi connectivity index (χ0) is 17.3. The summed E-state index contributed by atoms with van der Waals surface area (Å²) >= 11 is 0. The second kappa shape index (κ2) is 6.80. The number of rotatable bonds is 4. The molecule has 1 heterocycles. The molecule has 0 unspecified atom stereocenters. The fourth-order valence-corrected chi connectivity index (χ4v) is 3.56. The van der Waals surface area contributed by atoms with Crippen LogP contribution in [0.1, 0.15) is 62.1 Å². The minimum atomic E-state index is -0.411. The van der Waals surface area contributed by atoms with Crippen molar-refractivity contribution in [3.63, 3.8) is 0 Å². The number of esters is 1. The first-order valence-electron chi connectivity index (χ1n) is 8.69.